The van der Waals surface area contributed by atoms with Crippen LogP contribution in [0.2, 0.25) is 0 Å². The smallest absolute Gasteiger partial charge is 0.405 e. The van der Waals surface area contributed by atoms with Gasteiger partial charge in [-0.3, -0.25) is 9.79 Å². The summed E-state index contributed by atoms with van der Waals surface area (Å²) in [6, 6.07) is 13.3. The molecule has 9 heteroatoms. The molecule has 2 aromatic carbocycles. The maximum atomic E-state index is 12.5. The Labute approximate surface area is 173 Å². The lowest BCUT2D eigenvalue weighted by molar-refractivity contribution is -0.274. The molecule has 0 heterocycles. The van der Waals surface area contributed by atoms with Gasteiger partial charge >= 0.3 is 6.36 Å². The molecule has 0 saturated carbocycles. The maximum absolute atomic E-state index is 12.5. The monoisotopic (exact) mass is 422 g/mol. The molecule has 162 valence electrons. The van der Waals surface area contributed by atoms with Crippen LogP contribution in [0.4, 0.5) is 18.9 Å². The zero-order valence-electron chi connectivity index (χ0n) is 16.8. The third-order valence-corrected chi connectivity index (χ3v) is 4.02. The van der Waals surface area contributed by atoms with Gasteiger partial charge in [-0.2, -0.15) is 0 Å². The molecule has 0 atom stereocenters. The van der Waals surface area contributed by atoms with Crippen LogP contribution in [0, 0.1) is 0 Å². The van der Waals surface area contributed by atoms with E-state index in [9.17, 15) is 18.0 Å². The Balaban J connectivity index is 1.93. The van der Waals surface area contributed by atoms with Gasteiger partial charge in [0, 0.05) is 37.8 Å². The summed E-state index contributed by atoms with van der Waals surface area (Å²) in [6.07, 6.45) is -3.53. The zero-order chi connectivity index (χ0) is 22.0. The van der Waals surface area contributed by atoms with Crippen LogP contribution < -0.4 is 20.7 Å². The predicted molar refractivity (Wildman–Crippen MR) is 110 cm³/mol. The van der Waals surface area contributed by atoms with Crippen molar-refractivity contribution in [3.8, 4) is 5.75 Å². The number of hydrogen-bond donors (Lipinski definition) is 3. The number of nitrogens with one attached hydrogen (secondary N) is 3. The topological polar surface area (TPSA) is 74.8 Å². The molecule has 0 spiro atoms. The standard InChI is InChI=1S/C21H25F3N4O2/c1-3-7-19(29)28-17-10-6-8-15(12-17)13-26-20(25-2)27-14-16-9-4-5-11-18(16)30-21(22,23)24/h4-6,8-12H,3,7,13-14H2,1-2H3,(H,28,29)(H2,25,26,27). The number of hydrogen-bond acceptors (Lipinski definition) is 3. The maximum Gasteiger partial charge on any atom is 0.573 e. The summed E-state index contributed by atoms with van der Waals surface area (Å²) in [5.74, 6) is 0.112. The van der Waals surface area contributed by atoms with Gasteiger partial charge in [-0.1, -0.05) is 37.3 Å². The van der Waals surface area contributed by atoms with Crippen LogP contribution in [0.15, 0.2) is 53.5 Å². The molecule has 30 heavy (non-hydrogen) atoms. The predicted octanol–water partition coefficient (Wildman–Crippen LogP) is 4.19. The van der Waals surface area contributed by atoms with E-state index in [1.807, 2.05) is 31.2 Å². The molecule has 2 rings (SSSR count). The summed E-state index contributed by atoms with van der Waals surface area (Å²) in [5.41, 5.74) is 1.96. The molecular formula is C21H25F3N4O2. The van der Waals surface area contributed by atoms with Gasteiger partial charge in [-0.05, 0) is 30.2 Å². The van der Waals surface area contributed by atoms with E-state index in [1.54, 1.807) is 19.2 Å². The summed E-state index contributed by atoms with van der Waals surface area (Å²) in [7, 11) is 1.56. The van der Waals surface area contributed by atoms with Crippen LogP contribution in [0.25, 0.3) is 0 Å². The van der Waals surface area contributed by atoms with Crippen LogP contribution in [0.3, 0.4) is 0 Å². The van der Waals surface area contributed by atoms with Crippen molar-refractivity contribution >= 4 is 17.6 Å². The highest BCUT2D eigenvalue weighted by molar-refractivity contribution is 5.90. The number of anilines is 1. The Morgan fingerprint density at radius 2 is 1.80 bits per heavy atom. The lowest BCUT2D eigenvalue weighted by Gasteiger charge is -2.16. The minimum absolute atomic E-state index is 0.0418. The van der Waals surface area contributed by atoms with Gasteiger partial charge in [-0.25, -0.2) is 0 Å². The molecule has 3 N–H and O–H groups in total. The number of aliphatic imine (C=N–C) groups is 1. The van der Waals surface area contributed by atoms with Crippen molar-refractivity contribution in [2.75, 3.05) is 12.4 Å². The summed E-state index contributed by atoms with van der Waals surface area (Å²) >= 11 is 0. The van der Waals surface area contributed by atoms with Gasteiger partial charge in [0.15, 0.2) is 5.96 Å². The van der Waals surface area contributed by atoms with Crippen molar-refractivity contribution in [3.05, 3.63) is 59.7 Å². The van der Waals surface area contributed by atoms with E-state index in [-0.39, 0.29) is 18.2 Å². The fraction of sp³-hybridized carbons (Fsp3) is 0.333. The van der Waals surface area contributed by atoms with Gasteiger partial charge in [0.05, 0.1) is 0 Å². The number of carbonyl (C=O) groups is 1. The summed E-state index contributed by atoms with van der Waals surface area (Å²) < 4.78 is 41.7. The lowest BCUT2D eigenvalue weighted by atomic mass is 10.2. The fourth-order valence-electron chi connectivity index (χ4n) is 2.67. The summed E-state index contributed by atoms with van der Waals surface area (Å²) in [5, 5.41) is 8.90. The first-order chi connectivity index (χ1) is 14.3. The molecule has 2 aromatic rings. The number of carbonyl (C=O) groups excluding carboxylic acids is 1. The van der Waals surface area contributed by atoms with Gasteiger partial charge in [0.1, 0.15) is 5.75 Å². The highest BCUT2D eigenvalue weighted by Crippen LogP contribution is 2.26. The number of benzene rings is 2. The van der Waals surface area contributed by atoms with E-state index in [4.69, 9.17) is 0 Å². The number of guanidine groups is 1. The number of para-hydroxylation sites is 1. The molecule has 0 aliphatic carbocycles. The molecule has 0 radical (unpaired) electrons. The quantitative estimate of drug-likeness (QED) is 0.441. The van der Waals surface area contributed by atoms with Gasteiger partial charge < -0.3 is 20.7 Å². The highest BCUT2D eigenvalue weighted by atomic mass is 19.4. The third kappa shape index (κ3) is 8.02. The van der Waals surface area contributed by atoms with Crippen molar-refractivity contribution < 1.29 is 22.7 Å². The second-order valence-electron chi connectivity index (χ2n) is 6.43. The van der Waals surface area contributed by atoms with E-state index in [2.05, 4.69) is 25.7 Å². The van der Waals surface area contributed by atoms with Crippen molar-refractivity contribution in [1.82, 2.24) is 10.6 Å². The Morgan fingerprint density at radius 3 is 2.50 bits per heavy atom. The largest absolute Gasteiger partial charge is 0.573 e. The van der Waals surface area contributed by atoms with Gasteiger partial charge in [-0.15, -0.1) is 13.2 Å². The van der Waals surface area contributed by atoms with Crippen LogP contribution in [-0.2, 0) is 17.9 Å². The molecular weight excluding hydrogens is 397 g/mol. The van der Waals surface area contributed by atoms with E-state index in [0.29, 0.717) is 30.2 Å². The first-order valence-corrected chi connectivity index (χ1v) is 9.47. The van der Waals surface area contributed by atoms with Gasteiger partial charge in [0.2, 0.25) is 5.91 Å². The van der Waals surface area contributed by atoms with E-state index in [1.165, 1.54) is 12.1 Å². The summed E-state index contributed by atoms with van der Waals surface area (Å²) in [4.78, 5) is 15.8. The molecule has 1 amide bonds. The molecule has 0 aliphatic rings. The van der Waals surface area contributed by atoms with Crippen LogP contribution >= 0.6 is 0 Å². The van der Waals surface area contributed by atoms with Crippen molar-refractivity contribution in [2.24, 2.45) is 4.99 Å². The minimum Gasteiger partial charge on any atom is -0.405 e. The Hall–Kier alpha value is -3.23. The first-order valence-electron chi connectivity index (χ1n) is 9.47. The number of amides is 1. The number of halogens is 3. The van der Waals surface area contributed by atoms with Crippen molar-refractivity contribution in [1.29, 1.82) is 0 Å². The second kappa shape index (κ2) is 11.1. The molecule has 6 nitrogen and oxygen atoms in total. The van der Waals surface area contributed by atoms with Gasteiger partial charge in [0.25, 0.3) is 0 Å². The Morgan fingerprint density at radius 1 is 1.07 bits per heavy atom. The first kappa shape index (κ1) is 23.1. The number of ether oxygens (including phenoxy) is 1. The zero-order valence-corrected chi connectivity index (χ0v) is 16.8. The minimum atomic E-state index is -4.76. The van der Waals surface area contributed by atoms with E-state index >= 15 is 0 Å². The molecule has 0 aliphatic heterocycles. The lowest BCUT2D eigenvalue weighted by Crippen LogP contribution is -2.36. The third-order valence-electron chi connectivity index (χ3n) is 4.02. The number of rotatable bonds is 8. The molecule has 0 unspecified atom stereocenters. The highest BCUT2D eigenvalue weighted by Gasteiger charge is 2.31. The average molecular weight is 422 g/mol. The molecule has 0 bridgehead atoms. The number of nitrogens with zero attached hydrogens (tertiary/aromatic N) is 1. The normalized spacial score (nSPS) is 11.7. The Bertz CT molecular complexity index is 869. The average Bonchev–Trinajstić information content (AvgIpc) is 2.68. The van der Waals surface area contributed by atoms with E-state index in [0.717, 1.165) is 12.0 Å². The van der Waals surface area contributed by atoms with Crippen LogP contribution in [0.1, 0.15) is 30.9 Å². The molecule has 0 saturated heterocycles. The van der Waals surface area contributed by atoms with Crippen LogP contribution in [-0.4, -0.2) is 25.3 Å². The van der Waals surface area contributed by atoms with Crippen molar-refractivity contribution in [2.45, 2.75) is 39.2 Å². The molecule has 0 fully saturated rings. The van der Waals surface area contributed by atoms with E-state index < -0.39 is 6.36 Å². The fourth-order valence-corrected chi connectivity index (χ4v) is 2.67. The number of alkyl halides is 3. The summed E-state index contributed by atoms with van der Waals surface area (Å²) in [6.45, 7) is 2.45. The van der Waals surface area contributed by atoms with Crippen LogP contribution in [0.5, 0.6) is 5.75 Å². The molecule has 0 aromatic heterocycles. The second-order valence-corrected chi connectivity index (χ2v) is 6.43. The SMILES string of the molecule is CCCC(=O)Nc1cccc(CNC(=NC)NCc2ccccc2OC(F)(F)F)c1. The Kier molecular flexibility index (Phi) is 8.52. The van der Waals surface area contributed by atoms with Crippen molar-refractivity contribution in [3.63, 3.8) is 0 Å².